The number of amides is 1. The number of azo groups is 1. The Hall–Kier alpha value is -2.64. The van der Waals surface area contributed by atoms with Crippen LogP contribution in [-0.4, -0.2) is 17.6 Å². The molecule has 0 aromatic heterocycles. The van der Waals surface area contributed by atoms with Crippen LogP contribution in [0.25, 0.3) is 0 Å². The molecule has 1 amide bonds. The molecule has 1 aromatic carbocycles. The van der Waals surface area contributed by atoms with Crippen molar-refractivity contribution in [3.05, 3.63) is 58.4 Å². The molecule has 0 bridgehead atoms. The maximum absolute atomic E-state index is 13.4. The van der Waals surface area contributed by atoms with Gasteiger partial charge in [-0.25, -0.2) is 0 Å². The Kier molecular flexibility index (Phi) is 3.76. The third-order valence-electron chi connectivity index (χ3n) is 6.85. The first-order valence-electron chi connectivity index (χ1n) is 9.90. The van der Waals surface area contributed by atoms with Crippen LogP contribution in [0.15, 0.2) is 57.5 Å². The number of hydrogen-bond donors (Lipinski definition) is 2. The molecule has 0 radical (unpaired) electrons. The van der Waals surface area contributed by atoms with E-state index in [2.05, 4.69) is 20.9 Å². The van der Waals surface area contributed by atoms with Gasteiger partial charge in [0, 0.05) is 23.2 Å². The number of halogens is 3. The van der Waals surface area contributed by atoms with Crippen LogP contribution in [0.5, 0.6) is 0 Å². The molecule has 1 aliphatic carbocycles. The van der Waals surface area contributed by atoms with Crippen LogP contribution in [0.3, 0.4) is 0 Å². The summed E-state index contributed by atoms with van der Waals surface area (Å²) in [4.78, 5) is 13.3. The fraction of sp³-hybridized carbons (Fsp3) is 0.476. The molecular weight excluding hydrogens is 381 g/mol. The van der Waals surface area contributed by atoms with Gasteiger partial charge in [0.25, 0.3) is 5.91 Å². The van der Waals surface area contributed by atoms with Crippen molar-refractivity contribution in [2.24, 2.45) is 10.2 Å². The zero-order valence-corrected chi connectivity index (χ0v) is 15.9. The van der Waals surface area contributed by atoms with Crippen LogP contribution in [0, 0.1) is 0 Å². The number of hydrogen-bond acceptors (Lipinski definition) is 4. The van der Waals surface area contributed by atoms with Crippen LogP contribution in [0.1, 0.15) is 50.2 Å². The average molecular weight is 402 g/mol. The third kappa shape index (κ3) is 2.50. The number of benzene rings is 1. The molecule has 3 aliphatic heterocycles. The predicted octanol–water partition coefficient (Wildman–Crippen LogP) is 4.33. The molecule has 152 valence electrons. The van der Waals surface area contributed by atoms with E-state index in [1.165, 1.54) is 6.07 Å². The highest BCUT2D eigenvalue weighted by Gasteiger charge is 2.55. The lowest BCUT2D eigenvalue weighted by Crippen LogP contribution is -2.62. The molecular formula is C21H21F3N4O. The molecule has 2 unspecified atom stereocenters. The minimum Gasteiger partial charge on any atom is -0.362 e. The topological polar surface area (TPSA) is 65.8 Å². The van der Waals surface area contributed by atoms with Crippen molar-refractivity contribution in [3.63, 3.8) is 0 Å². The van der Waals surface area contributed by atoms with E-state index in [0.717, 1.165) is 42.7 Å². The van der Waals surface area contributed by atoms with Gasteiger partial charge >= 0.3 is 6.18 Å². The van der Waals surface area contributed by atoms with Gasteiger partial charge in [-0.05, 0) is 37.3 Å². The van der Waals surface area contributed by atoms with E-state index in [4.69, 9.17) is 0 Å². The zero-order chi connectivity index (χ0) is 20.4. The van der Waals surface area contributed by atoms with E-state index >= 15 is 0 Å². The highest BCUT2D eigenvalue weighted by molar-refractivity contribution is 6.00. The number of rotatable bonds is 2. The number of alkyl halides is 3. The summed E-state index contributed by atoms with van der Waals surface area (Å²) in [5, 5.41) is 14.8. The van der Waals surface area contributed by atoms with Gasteiger partial charge in [-0.2, -0.15) is 23.4 Å². The first kappa shape index (κ1) is 18.4. The summed E-state index contributed by atoms with van der Waals surface area (Å²) in [6, 6.07) is 5.30. The SMILES string of the molecule is CCC1(c2cccc(C(F)(F)F)c2)C2=CN=NC2NC2=C1C(=O)NC1(CCC1)C2. The monoisotopic (exact) mass is 402 g/mol. The molecule has 1 saturated carbocycles. The fourth-order valence-corrected chi connectivity index (χ4v) is 5.30. The van der Waals surface area contributed by atoms with Crippen molar-refractivity contribution in [1.29, 1.82) is 0 Å². The molecule has 1 fully saturated rings. The van der Waals surface area contributed by atoms with Crippen molar-refractivity contribution in [2.75, 3.05) is 0 Å². The molecule has 3 heterocycles. The highest BCUT2D eigenvalue weighted by atomic mass is 19.4. The molecule has 2 atom stereocenters. The van der Waals surface area contributed by atoms with E-state index in [1.807, 2.05) is 6.92 Å². The van der Waals surface area contributed by atoms with Gasteiger partial charge in [-0.15, -0.1) is 0 Å². The van der Waals surface area contributed by atoms with Gasteiger partial charge in [-0.3, -0.25) is 4.79 Å². The van der Waals surface area contributed by atoms with E-state index in [1.54, 1.807) is 12.3 Å². The summed E-state index contributed by atoms with van der Waals surface area (Å²) in [5.41, 5.74) is 0.505. The van der Waals surface area contributed by atoms with Crippen molar-refractivity contribution in [3.8, 4) is 0 Å². The Bertz CT molecular complexity index is 990. The van der Waals surface area contributed by atoms with Crippen molar-refractivity contribution >= 4 is 5.91 Å². The molecule has 8 heteroatoms. The second kappa shape index (κ2) is 5.93. The summed E-state index contributed by atoms with van der Waals surface area (Å²) in [6.07, 6.45) is 0.639. The second-order valence-corrected chi connectivity index (χ2v) is 8.32. The first-order chi connectivity index (χ1) is 13.8. The minimum atomic E-state index is -4.46. The number of carbonyl (C=O) groups excluding carboxylic acids is 1. The summed E-state index contributed by atoms with van der Waals surface area (Å²) in [6.45, 7) is 1.90. The molecule has 0 saturated heterocycles. The summed E-state index contributed by atoms with van der Waals surface area (Å²) < 4.78 is 40.3. The molecule has 4 aliphatic rings. The fourth-order valence-electron chi connectivity index (χ4n) is 5.30. The van der Waals surface area contributed by atoms with Gasteiger partial charge in [0.05, 0.1) is 22.8 Å². The van der Waals surface area contributed by atoms with Crippen LogP contribution < -0.4 is 10.6 Å². The van der Waals surface area contributed by atoms with E-state index in [-0.39, 0.29) is 11.4 Å². The molecule has 2 N–H and O–H groups in total. The van der Waals surface area contributed by atoms with Gasteiger partial charge in [0.15, 0.2) is 6.17 Å². The Morgan fingerprint density at radius 3 is 2.72 bits per heavy atom. The largest absolute Gasteiger partial charge is 0.416 e. The molecule has 5 rings (SSSR count). The first-order valence-corrected chi connectivity index (χ1v) is 9.90. The standard InChI is InChI=1S/C21H21F3N4O/c1-2-20(12-5-3-6-13(9-12)21(22,23)24)14-11-25-28-17(14)26-15-10-19(7-4-8-19)27-18(29)16(15)20/h3,5-6,9,11,17,26H,2,4,7-8,10H2,1H3,(H,27,29). The molecule has 5 nitrogen and oxygen atoms in total. The zero-order valence-electron chi connectivity index (χ0n) is 15.9. The average Bonchev–Trinajstić information content (AvgIpc) is 3.13. The van der Waals surface area contributed by atoms with E-state index in [9.17, 15) is 18.0 Å². The maximum Gasteiger partial charge on any atom is 0.416 e. The van der Waals surface area contributed by atoms with E-state index < -0.39 is 23.3 Å². The van der Waals surface area contributed by atoms with Crippen molar-refractivity contribution in [2.45, 2.75) is 62.3 Å². The van der Waals surface area contributed by atoms with Gasteiger partial charge < -0.3 is 10.6 Å². The Balaban J connectivity index is 1.73. The van der Waals surface area contributed by atoms with Crippen LogP contribution in [0.4, 0.5) is 13.2 Å². The summed E-state index contributed by atoms with van der Waals surface area (Å²) >= 11 is 0. The summed E-state index contributed by atoms with van der Waals surface area (Å²) in [5.74, 6) is -0.205. The Labute approximate surface area is 166 Å². The smallest absolute Gasteiger partial charge is 0.362 e. The lowest BCUT2D eigenvalue weighted by atomic mass is 9.60. The van der Waals surface area contributed by atoms with Crippen LogP contribution in [-0.2, 0) is 16.4 Å². The summed E-state index contributed by atoms with van der Waals surface area (Å²) in [7, 11) is 0. The van der Waals surface area contributed by atoms with Crippen LogP contribution in [0.2, 0.25) is 0 Å². The van der Waals surface area contributed by atoms with E-state index in [0.29, 0.717) is 24.0 Å². The second-order valence-electron chi connectivity index (χ2n) is 8.32. The van der Waals surface area contributed by atoms with Crippen molar-refractivity contribution < 1.29 is 18.0 Å². The normalized spacial score (nSPS) is 29.6. The third-order valence-corrected chi connectivity index (χ3v) is 6.85. The lowest BCUT2D eigenvalue weighted by Gasteiger charge is -2.52. The number of fused-ring (bicyclic) bond motifs is 1. The number of nitrogens with one attached hydrogen (secondary N) is 2. The Morgan fingerprint density at radius 2 is 2.07 bits per heavy atom. The maximum atomic E-state index is 13.4. The molecule has 1 aromatic rings. The quantitative estimate of drug-likeness (QED) is 0.773. The van der Waals surface area contributed by atoms with Gasteiger partial charge in [0.2, 0.25) is 0 Å². The Morgan fingerprint density at radius 1 is 1.28 bits per heavy atom. The number of nitrogens with zero attached hydrogens (tertiary/aromatic N) is 2. The van der Waals surface area contributed by atoms with Crippen molar-refractivity contribution in [1.82, 2.24) is 10.6 Å². The predicted molar refractivity (Wildman–Crippen MR) is 99.6 cm³/mol. The highest BCUT2D eigenvalue weighted by Crippen LogP contribution is 2.53. The van der Waals surface area contributed by atoms with Gasteiger partial charge in [0.1, 0.15) is 0 Å². The minimum absolute atomic E-state index is 0.205. The molecule has 1 spiro atoms. The number of carbonyl (C=O) groups is 1. The lowest BCUT2D eigenvalue weighted by molar-refractivity contribution is -0.137. The molecule has 29 heavy (non-hydrogen) atoms. The van der Waals surface area contributed by atoms with Gasteiger partial charge in [-0.1, -0.05) is 25.1 Å². The van der Waals surface area contributed by atoms with Crippen LogP contribution >= 0.6 is 0 Å².